The smallest absolute Gasteiger partial charge is 0.410 e. The van der Waals surface area contributed by atoms with Crippen LogP contribution in [0.1, 0.15) is 32.4 Å². The molecule has 174 valence electrons. The van der Waals surface area contributed by atoms with Crippen LogP contribution in [0.25, 0.3) is 11.3 Å². The Balaban J connectivity index is 1.91. The molecule has 2 atom stereocenters. The van der Waals surface area contributed by atoms with E-state index >= 15 is 0 Å². The van der Waals surface area contributed by atoms with Gasteiger partial charge in [-0.3, -0.25) is 4.98 Å². The summed E-state index contributed by atoms with van der Waals surface area (Å²) < 4.78 is 34.5. The van der Waals surface area contributed by atoms with Crippen LogP contribution < -0.4 is 4.72 Å². The van der Waals surface area contributed by atoms with E-state index in [1.165, 1.54) is 14.1 Å². The maximum atomic E-state index is 12.8. The van der Waals surface area contributed by atoms with Gasteiger partial charge in [-0.05, 0) is 38.8 Å². The lowest BCUT2D eigenvalue weighted by atomic mass is 9.93. The van der Waals surface area contributed by atoms with Crippen LogP contribution in [-0.2, 0) is 21.4 Å². The van der Waals surface area contributed by atoms with Crippen LogP contribution in [-0.4, -0.2) is 67.5 Å². The molecule has 1 aliphatic rings. The number of aromatic nitrogens is 1. The molecular formula is C23H32N4O4S. The van der Waals surface area contributed by atoms with Gasteiger partial charge in [0.1, 0.15) is 0 Å². The zero-order chi connectivity index (χ0) is 23.3. The molecule has 0 aliphatic carbocycles. The van der Waals surface area contributed by atoms with Gasteiger partial charge in [0, 0.05) is 44.4 Å². The van der Waals surface area contributed by atoms with Gasteiger partial charge >= 0.3 is 6.09 Å². The first kappa shape index (κ1) is 24.2. The Morgan fingerprint density at radius 3 is 2.56 bits per heavy atom. The highest BCUT2D eigenvalue weighted by Gasteiger charge is 2.38. The molecule has 1 saturated heterocycles. The molecule has 2 unspecified atom stereocenters. The average Bonchev–Trinajstić information content (AvgIpc) is 2.75. The van der Waals surface area contributed by atoms with Gasteiger partial charge in [0.2, 0.25) is 0 Å². The standard InChI is InChI=1S/C23H32N4O4S/c1-17(2)31-23(28)27-15-9-14-21(25-32(29,30)26(3)4)22(27)16-19-12-8-13-20(24-19)18-10-6-5-7-11-18/h5-8,10-13,17,21-22,25H,9,14-16H2,1-4H3. The average molecular weight is 461 g/mol. The number of hydrogen-bond acceptors (Lipinski definition) is 5. The molecule has 9 heteroatoms. The first-order valence-corrected chi connectivity index (χ1v) is 12.3. The van der Waals surface area contributed by atoms with Crippen molar-refractivity contribution in [2.24, 2.45) is 0 Å². The van der Waals surface area contributed by atoms with E-state index < -0.39 is 28.4 Å². The Morgan fingerprint density at radius 2 is 1.91 bits per heavy atom. The summed E-state index contributed by atoms with van der Waals surface area (Å²) in [5.41, 5.74) is 2.62. The molecular weight excluding hydrogens is 428 g/mol. The highest BCUT2D eigenvalue weighted by atomic mass is 32.2. The van der Waals surface area contributed by atoms with Crippen LogP contribution in [0.5, 0.6) is 0 Å². The Morgan fingerprint density at radius 1 is 1.19 bits per heavy atom. The molecule has 32 heavy (non-hydrogen) atoms. The predicted octanol–water partition coefficient (Wildman–Crippen LogP) is 3.07. The third kappa shape index (κ3) is 6.05. The SMILES string of the molecule is CC(C)OC(=O)N1CCCC(NS(=O)(=O)N(C)C)C1Cc1cccc(-c2ccccc2)n1. The molecule has 8 nitrogen and oxygen atoms in total. The summed E-state index contributed by atoms with van der Waals surface area (Å²) in [5, 5.41) is 0. The molecule has 2 aromatic rings. The first-order chi connectivity index (χ1) is 15.2. The van der Waals surface area contributed by atoms with Gasteiger partial charge in [0.05, 0.1) is 17.8 Å². The third-order valence-electron chi connectivity index (χ3n) is 5.43. The fourth-order valence-electron chi connectivity index (χ4n) is 3.82. The number of nitrogens with zero attached hydrogens (tertiary/aromatic N) is 3. The van der Waals surface area contributed by atoms with Gasteiger partial charge < -0.3 is 9.64 Å². The molecule has 3 rings (SSSR count). The summed E-state index contributed by atoms with van der Waals surface area (Å²) >= 11 is 0. The Hall–Kier alpha value is -2.49. The second kappa shape index (κ2) is 10.4. The van der Waals surface area contributed by atoms with Crippen LogP contribution in [0.4, 0.5) is 4.79 Å². The second-order valence-electron chi connectivity index (χ2n) is 8.43. The number of rotatable bonds is 7. The lowest BCUT2D eigenvalue weighted by Gasteiger charge is -2.41. The minimum Gasteiger partial charge on any atom is -0.447 e. The summed E-state index contributed by atoms with van der Waals surface area (Å²) in [5.74, 6) is 0. The summed E-state index contributed by atoms with van der Waals surface area (Å²) in [4.78, 5) is 19.3. The van der Waals surface area contributed by atoms with E-state index in [1.807, 2.05) is 48.5 Å². The van der Waals surface area contributed by atoms with E-state index in [0.717, 1.165) is 21.3 Å². The van der Waals surface area contributed by atoms with Crippen molar-refractivity contribution in [1.29, 1.82) is 0 Å². The van der Waals surface area contributed by atoms with Gasteiger partial charge in [-0.1, -0.05) is 36.4 Å². The Kier molecular flexibility index (Phi) is 7.86. The van der Waals surface area contributed by atoms with Gasteiger partial charge in [0.25, 0.3) is 10.2 Å². The van der Waals surface area contributed by atoms with E-state index in [-0.39, 0.29) is 6.10 Å². The molecule has 1 aromatic carbocycles. The fraction of sp³-hybridized carbons (Fsp3) is 0.478. The predicted molar refractivity (Wildman–Crippen MR) is 124 cm³/mol. The highest BCUT2D eigenvalue weighted by Crippen LogP contribution is 2.24. The van der Waals surface area contributed by atoms with Crippen molar-refractivity contribution in [3.05, 3.63) is 54.2 Å². The second-order valence-corrected chi connectivity index (χ2v) is 10.3. The number of piperidine rings is 1. The summed E-state index contributed by atoms with van der Waals surface area (Å²) in [6.45, 7) is 4.11. The van der Waals surface area contributed by atoms with Crippen molar-refractivity contribution in [2.45, 2.75) is 51.3 Å². The van der Waals surface area contributed by atoms with Gasteiger partial charge in [0.15, 0.2) is 0 Å². The molecule has 0 radical (unpaired) electrons. The van der Waals surface area contributed by atoms with Crippen LogP contribution >= 0.6 is 0 Å². The molecule has 0 saturated carbocycles. The van der Waals surface area contributed by atoms with E-state index in [0.29, 0.717) is 25.8 Å². The number of carbonyl (C=O) groups excluding carboxylic acids is 1. The summed E-state index contributed by atoms with van der Waals surface area (Å²) in [7, 11) is -0.698. The molecule has 1 N–H and O–H groups in total. The quantitative estimate of drug-likeness (QED) is 0.686. The molecule has 2 heterocycles. The van der Waals surface area contributed by atoms with E-state index in [9.17, 15) is 13.2 Å². The molecule has 1 fully saturated rings. The molecule has 1 amide bonds. The van der Waals surface area contributed by atoms with Crippen molar-refractivity contribution in [3.63, 3.8) is 0 Å². The number of likely N-dealkylation sites (tertiary alicyclic amines) is 1. The third-order valence-corrected chi connectivity index (χ3v) is 6.99. The van der Waals surface area contributed by atoms with Crippen LogP contribution in [0.3, 0.4) is 0 Å². The number of hydrogen-bond donors (Lipinski definition) is 1. The number of pyridine rings is 1. The number of amides is 1. The van der Waals surface area contributed by atoms with Crippen molar-refractivity contribution in [1.82, 2.24) is 18.9 Å². The lowest BCUT2D eigenvalue weighted by molar-refractivity contribution is 0.0457. The minimum absolute atomic E-state index is 0.262. The lowest BCUT2D eigenvalue weighted by Crippen LogP contribution is -2.59. The Labute approximate surface area is 190 Å². The molecule has 0 bridgehead atoms. The maximum absolute atomic E-state index is 12.8. The number of benzene rings is 1. The summed E-state index contributed by atoms with van der Waals surface area (Å²) in [6, 6.07) is 14.8. The highest BCUT2D eigenvalue weighted by molar-refractivity contribution is 7.87. The monoisotopic (exact) mass is 460 g/mol. The van der Waals surface area contributed by atoms with Crippen LogP contribution in [0, 0.1) is 0 Å². The number of ether oxygens (including phenoxy) is 1. The fourth-order valence-corrected chi connectivity index (χ4v) is 4.69. The molecule has 1 aromatic heterocycles. The first-order valence-electron chi connectivity index (χ1n) is 10.9. The van der Waals surface area contributed by atoms with Gasteiger partial charge in [-0.2, -0.15) is 17.4 Å². The van der Waals surface area contributed by atoms with Gasteiger partial charge in [-0.15, -0.1) is 0 Å². The minimum atomic E-state index is -3.66. The van der Waals surface area contributed by atoms with E-state index in [1.54, 1.807) is 18.7 Å². The topological polar surface area (TPSA) is 91.8 Å². The largest absolute Gasteiger partial charge is 0.447 e. The maximum Gasteiger partial charge on any atom is 0.410 e. The van der Waals surface area contributed by atoms with Crippen molar-refractivity contribution in [2.75, 3.05) is 20.6 Å². The van der Waals surface area contributed by atoms with Crippen LogP contribution in [0.2, 0.25) is 0 Å². The zero-order valence-electron chi connectivity index (χ0n) is 19.1. The van der Waals surface area contributed by atoms with Crippen molar-refractivity contribution < 1.29 is 17.9 Å². The van der Waals surface area contributed by atoms with E-state index in [2.05, 4.69) is 4.72 Å². The number of nitrogens with one attached hydrogen (secondary N) is 1. The summed E-state index contributed by atoms with van der Waals surface area (Å²) in [6.07, 6.45) is 1.03. The normalized spacial score (nSPS) is 19.4. The van der Waals surface area contributed by atoms with Gasteiger partial charge in [-0.25, -0.2) is 4.79 Å². The van der Waals surface area contributed by atoms with Crippen LogP contribution in [0.15, 0.2) is 48.5 Å². The zero-order valence-corrected chi connectivity index (χ0v) is 19.9. The van der Waals surface area contributed by atoms with E-state index in [4.69, 9.17) is 9.72 Å². The number of carbonyl (C=O) groups is 1. The Bertz CT molecular complexity index is 1010. The molecule has 0 spiro atoms. The van der Waals surface area contributed by atoms with Crippen molar-refractivity contribution in [3.8, 4) is 11.3 Å². The van der Waals surface area contributed by atoms with Crippen molar-refractivity contribution >= 4 is 16.3 Å². The molecule has 1 aliphatic heterocycles.